The Balaban J connectivity index is 1.63. The third-order valence-corrected chi connectivity index (χ3v) is 6.64. The van der Waals surface area contributed by atoms with E-state index < -0.39 is 0 Å². The summed E-state index contributed by atoms with van der Waals surface area (Å²) in [7, 11) is 3.32. The minimum absolute atomic E-state index is 0.207. The summed E-state index contributed by atoms with van der Waals surface area (Å²) in [5.74, 6) is 3.43. The molecular formula is C29H31NO4. The van der Waals surface area contributed by atoms with Crippen molar-refractivity contribution in [3.63, 3.8) is 0 Å². The van der Waals surface area contributed by atoms with Crippen molar-refractivity contribution in [1.82, 2.24) is 4.90 Å². The molecule has 0 aliphatic carbocycles. The summed E-state index contributed by atoms with van der Waals surface area (Å²) >= 11 is 0. The van der Waals surface area contributed by atoms with Gasteiger partial charge < -0.3 is 18.9 Å². The van der Waals surface area contributed by atoms with Crippen molar-refractivity contribution in [2.45, 2.75) is 12.3 Å². The molecule has 1 unspecified atom stereocenters. The second-order valence-electron chi connectivity index (χ2n) is 8.69. The van der Waals surface area contributed by atoms with Crippen LogP contribution in [0.15, 0.2) is 78.4 Å². The molecule has 1 atom stereocenters. The molecule has 176 valence electrons. The van der Waals surface area contributed by atoms with Gasteiger partial charge in [0.15, 0.2) is 11.5 Å². The van der Waals surface area contributed by atoms with E-state index in [9.17, 15) is 0 Å². The topological polar surface area (TPSA) is 40.2 Å². The molecule has 2 aliphatic heterocycles. The predicted octanol–water partition coefficient (Wildman–Crippen LogP) is 5.17. The molecule has 2 heterocycles. The highest BCUT2D eigenvalue weighted by molar-refractivity contribution is 5.72. The first-order valence-electron chi connectivity index (χ1n) is 11.8. The molecule has 0 N–H and O–H groups in total. The fourth-order valence-electron chi connectivity index (χ4n) is 4.87. The van der Waals surface area contributed by atoms with Crippen LogP contribution in [0, 0.1) is 0 Å². The fourth-order valence-corrected chi connectivity index (χ4v) is 4.87. The quantitative estimate of drug-likeness (QED) is 0.490. The monoisotopic (exact) mass is 457 g/mol. The van der Waals surface area contributed by atoms with Gasteiger partial charge in [0.05, 0.1) is 27.4 Å². The van der Waals surface area contributed by atoms with Gasteiger partial charge in [0, 0.05) is 36.7 Å². The first-order chi connectivity index (χ1) is 16.8. The smallest absolute Gasteiger partial charge is 0.161 e. The van der Waals surface area contributed by atoms with Crippen LogP contribution in [-0.2, 0) is 11.2 Å². The molecule has 0 spiro atoms. The Bertz CT molecular complexity index is 1150. The van der Waals surface area contributed by atoms with E-state index >= 15 is 0 Å². The second kappa shape index (κ2) is 10.3. The number of rotatable bonds is 7. The number of hydrogen-bond acceptors (Lipinski definition) is 5. The molecular weight excluding hydrogens is 426 g/mol. The standard InChI is InChI=1S/C29H31NO4/c1-31-27-13-12-22(19-28(27)32-2)29-25(20-30-14-16-33-17-15-30)24(18-21-8-4-3-5-9-21)23-10-6-7-11-26(23)34-29/h3-13,19,24H,14-18,20H2,1-2H3. The summed E-state index contributed by atoms with van der Waals surface area (Å²) in [5.41, 5.74) is 4.83. The highest BCUT2D eigenvalue weighted by Gasteiger charge is 2.32. The fraction of sp³-hybridized carbons (Fsp3) is 0.310. The molecule has 2 aliphatic rings. The first-order valence-corrected chi connectivity index (χ1v) is 11.8. The van der Waals surface area contributed by atoms with Crippen LogP contribution in [0.1, 0.15) is 22.6 Å². The van der Waals surface area contributed by atoms with Gasteiger partial charge in [-0.2, -0.15) is 0 Å². The zero-order valence-corrected chi connectivity index (χ0v) is 19.8. The summed E-state index contributed by atoms with van der Waals surface area (Å²) in [6.07, 6.45) is 0.914. The van der Waals surface area contributed by atoms with Crippen LogP contribution < -0.4 is 14.2 Å². The van der Waals surface area contributed by atoms with Crippen LogP contribution in [0.3, 0.4) is 0 Å². The van der Waals surface area contributed by atoms with Crippen LogP contribution >= 0.6 is 0 Å². The van der Waals surface area contributed by atoms with Crippen LogP contribution in [0.5, 0.6) is 17.2 Å². The zero-order chi connectivity index (χ0) is 23.3. The van der Waals surface area contributed by atoms with Crippen LogP contribution in [0.25, 0.3) is 5.76 Å². The molecule has 0 radical (unpaired) electrons. The lowest BCUT2D eigenvalue weighted by molar-refractivity contribution is 0.0415. The molecule has 0 amide bonds. The number of nitrogens with zero attached hydrogens (tertiary/aromatic N) is 1. The number of morpholine rings is 1. The maximum atomic E-state index is 6.64. The molecule has 5 heteroatoms. The Hall–Kier alpha value is -3.28. The largest absolute Gasteiger partial charge is 0.493 e. The molecule has 1 saturated heterocycles. The third-order valence-electron chi connectivity index (χ3n) is 6.64. The van der Waals surface area contributed by atoms with Crippen molar-refractivity contribution in [2.75, 3.05) is 47.1 Å². The van der Waals surface area contributed by atoms with Gasteiger partial charge in [-0.15, -0.1) is 0 Å². The van der Waals surface area contributed by atoms with Gasteiger partial charge in [0.25, 0.3) is 0 Å². The van der Waals surface area contributed by atoms with Gasteiger partial charge in [-0.3, -0.25) is 4.90 Å². The van der Waals surface area contributed by atoms with Crippen molar-refractivity contribution < 1.29 is 18.9 Å². The average Bonchev–Trinajstić information content (AvgIpc) is 2.90. The van der Waals surface area contributed by atoms with E-state index in [2.05, 4.69) is 59.5 Å². The van der Waals surface area contributed by atoms with Crippen molar-refractivity contribution in [3.8, 4) is 17.2 Å². The van der Waals surface area contributed by atoms with Crippen LogP contribution in [0.4, 0.5) is 0 Å². The highest BCUT2D eigenvalue weighted by Crippen LogP contribution is 2.45. The number of benzene rings is 3. The Morgan fingerprint density at radius 1 is 0.853 bits per heavy atom. The van der Waals surface area contributed by atoms with E-state index in [-0.39, 0.29) is 5.92 Å². The molecule has 3 aromatic rings. The molecule has 0 saturated carbocycles. The van der Waals surface area contributed by atoms with E-state index in [4.69, 9.17) is 18.9 Å². The van der Waals surface area contributed by atoms with Gasteiger partial charge in [0.1, 0.15) is 11.5 Å². The van der Waals surface area contributed by atoms with Crippen molar-refractivity contribution in [3.05, 3.63) is 95.1 Å². The minimum Gasteiger partial charge on any atom is -0.493 e. The normalized spacial score (nSPS) is 18.2. The second-order valence-corrected chi connectivity index (χ2v) is 8.69. The lowest BCUT2D eigenvalue weighted by Gasteiger charge is -2.35. The molecule has 0 bridgehead atoms. The third kappa shape index (κ3) is 4.67. The molecule has 34 heavy (non-hydrogen) atoms. The summed E-state index contributed by atoms with van der Waals surface area (Å²) in [4.78, 5) is 2.47. The molecule has 0 aromatic heterocycles. The Labute approximate surface area is 201 Å². The van der Waals surface area contributed by atoms with E-state index in [0.29, 0.717) is 11.5 Å². The van der Waals surface area contributed by atoms with Gasteiger partial charge in [0.2, 0.25) is 0 Å². The van der Waals surface area contributed by atoms with E-state index in [1.807, 2.05) is 18.2 Å². The zero-order valence-electron chi connectivity index (χ0n) is 19.8. The average molecular weight is 458 g/mol. The number of fused-ring (bicyclic) bond motifs is 1. The SMILES string of the molecule is COc1ccc(C2=C(CN3CCOCC3)C(Cc3ccccc3)c3ccccc3O2)cc1OC. The van der Waals surface area contributed by atoms with Crippen molar-refractivity contribution in [1.29, 1.82) is 0 Å². The van der Waals surface area contributed by atoms with E-state index in [1.165, 1.54) is 16.7 Å². The number of ether oxygens (including phenoxy) is 4. The number of hydrogen-bond donors (Lipinski definition) is 0. The van der Waals surface area contributed by atoms with Gasteiger partial charge in [-0.1, -0.05) is 48.5 Å². The van der Waals surface area contributed by atoms with E-state index in [0.717, 1.165) is 56.3 Å². The lowest BCUT2D eigenvalue weighted by atomic mass is 9.81. The summed E-state index contributed by atoms with van der Waals surface area (Å²) in [6, 6.07) is 25.2. The van der Waals surface area contributed by atoms with Gasteiger partial charge >= 0.3 is 0 Å². The lowest BCUT2D eigenvalue weighted by Crippen LogP contribution is -2.39. The number of para-hydroxylation sites is 1. The van der Waals surface area contributed by atoms with Crippen LogP contribution in [-0.4, -0.2) is 52.0 Å². The maximum absolute atomic E-state index is 6.64. The predicted molar refractivity (Wildman–Crippen MR) is 134 cm³/mol. The van der Waals surface area contributed by atoms with E-state index in [1.54, 1.807) is 14.2 Å². The molecule has 5 nitrogen and oxygen atoms in total. The first kappa shape index (κ1) is 22.5. The Morgan fingerprint density at radius 3 is 2.35 bits per heavy atom. The van der Waals surface area contributed by atoms with Gasteiger partial charge in [-0.25, -0.2) is 0 Å². The van der Waals surface area contributed by atoms with Crippen molar-refractivity contribution in [2.24, 2.45) is 0 Å². The molecule has 3 aromatic carbocycles. The highest BCUT2D eigenvalue weighted by atomic mass is 16.5. The van der Waals surface area contributed by atoms with Crippen molar-refractivity contribution >= 4 is 5.76 Å². The maximum Gasteiger partial charge on any atom is 0.161 e. The Kier molecular flexibility index (Phi) is 6.84. The molecule has 1 fully saturated rings. The van der Waals surface area contributed by atoms with Crippen LogP contribution in [0.2, 0.25) is 0 Å². The van der Waals surface area contributed by atoms with Gasteiger partial charge in [-0.05, 0) is 41.8 Å². The summed E-state index contributed by atoms with van der Waals surface area (Å²) in [5, 5.41) is 0. The summed E-state index contributed by atoms with van der Waals surface area (Å²) in [6.45, 7) is 4.20. The Morgan fingerprint density at radius 2 is 1.59 bits per heavy atom. The summed E-state index contributed by atoms with van der Waals surface area (Å²) < 4.78 is 23.3. The molecule has 5 rings (SSSR count). The number of methoxy groups -OCH3 is 2. The minimum atomic E-state index is 0.207.